The van der Waals surface area contributed by atoms with Gasteiger partial charge in [-0.25, -0.2) is 13.6 Å². The van der Waals surface area contributed by atoms with Gasteiger partial charge in [-0.1, -0.05) is 12.1 Å². The number of rotatable bonds is 4. The lowest BCUT2D eigenvalue weighted by Gasteiger charge is -2.09. The van der Waals surface area contributed by atoms with Crippen LogP contribution in [0.2, 0.25) is 0 Å². The Kier molecular flexibility index (Phi) is 4.49. The molecule has 0 saturated carbocycles. The van der Waals surface area contributed by atoms with Crippen LogP contribution >= 0.6 is 0 Å². The zero-order valence-corrected chi connectivity index (χ0v) is 14.6. The summed E-state index contributed by atoms with van der Waals surface area (Å²) in [5.74, 6) is -0.522. The number of sulfonamides is 1. The van der Waals surface area contributed by atoms with Gasteiger partial charge in [0.2, 0.25) is 10.0 Å². The van der Waals surface area contributed by atoms with Gasteiger partial charge in [0.15, 0.2) is 5.78 Å². The molecule has 0 unspecified atom stereocenters. The number of anilines is 1. The van der Waals surface area contributed by atoms with E-state index in [4.69, 9.17) is 5.14 Å². The van der Waals surface area contributed by atoms with Crippen LogP contribution < -0.4 is 10.5 Å². The second kappa shape index (κ2) is 6.45. The maximum Gasteiger partial charge on any atom is 0.272 e. The third-order valence-electron chi connectivity index (χ3n) is 4.24. The molecule has 0 spiro atoms. The molecule has 4 N–H and O–H groups in total. The molecule has 1 heterocycles. The summed E-state index contributed by atoms with van der Waals surface area (Å²) in [5, 5.41) is 7.76. The Bertz CT molecular complexity index is 943. The Hall–Kier alpha value is -2.45. The maximum atomic E-state index is 12.5. The second-order valence-corrected chi connectivity index (χ2v) is 7.83. The van der Waals surface area contributed by atoms with Crippen molar-refractivity contribution in [2.45, 2.75) is 31.9 Å². The molecule has 1 aromatic heterocycles. The summed E-state index contributed by atoms with van der Waals surface area (Å²) in [6.45, 7) is 1.77. The van der Waals surface area contributed by atoms with Gasteiger partial charge in [0.25, 0.3) is 5.91 Å². The number of carbonyl (C=O) groups is 2. The highest BCUT2D eigenvalue weighted by Crippen LogP contribution is 2.27. The standard InChI is InChI=1S/C17H19N3O4S/c1-10-15-13(3-2-4-14(15)21)20-16(10)17(22)19-12-7-5-11(6-8-12)9-25(18,23)24/h5-8,20H,2-4,9H2,1H3,(H,19,22)(H2,18,23,24). The van der Waals surface area contributed by atoms with Crippen molar-refractivity contribution in [3.63, 3.8) is 0 Å². The average Bonchev–Trinajstić information content (AvgIpc) is 2.86. The van der Waals surface area contributed by atoms with E-state index in [1.54, 1.807) is 31.2 Å². The van der Waals surface area contributed by atoms with E-state index in [1.807, 2.05) is 0 Å². The number of benzene rings is 1. The molecule has 7 nitrogen and oxygen atoms in total. The third-order valence-corrected chi connectivity index (χ3v) is 4.98. The zero-order valence-electron chi connectivity index (χ0n) is 13.8. The van der Waals surface area contributed by atoms with E-state index in [-0.39, 0.29) is 17.4 Å². The summed E-state index contributed by atoms with van der Waals surface area (Å²) in [6.07, 6.45) is 2.06. The van der Waals surface area contributed by atoms with Gasteiger partial charge in [-0.3, -0.25) is 9.59 Å². The lowest BCUT2D eigenvalue weighted by Crippen LogP contribution is -2.15. The van der Waals surface area contributed by atoms with E-state index in [2.05, 4.69) is 10.3 Å². The van der Waals surface area contributed by atoms with E-state index >= 15 is 0 Å². The van der Waals surface area contributed by atoms with Crippen LogP contribution in [-0.4, -0.2) is 25.1 Å². The van der Waals surface area contributed by atoms with Gasteiger partial charge in [-0.15, -0.1) is 0 Å². The van der Waals surface area contributed by atoms with E-state index in [1.165, 1.54) is 0 Å². The molecule has 1 amide bonds. The summed E-state index contributed by atoms with van der Waals surface area (Å²) in [6, 6.07) is 6.41. The molecule has 0 saturated heterocycles. The number of amides is 1. The first-order valence-corrected chi connectivity index (χ1v) is 9.61. The molecule has 0 bridgehead atoms. The van der Waals surface area contributed by atoms with Gasteiger partial charge in [0.05, 0.1) is 5.75 Å². The van der Waals surface area contributed by atoms with Crippen LogP contribution in [0.1, 0.15) is 50.5 Å². The molecular weight excluding hydrogens is 342 g/mol. The van der Waals surface area contributed by atoms with E-state index in [9.17, 15) is 18.0 Å². The SMILES string of the molecule is Cc1c(C(=O)Nc2ccc(CS(N)(=O)=O)cc2)[nH]c2c1C(=O)CCC2. The number of hydrogen-bond acceptors (Lipinski definition) is 4. The van der Waals surface area contributed by atoms with Gasteiger partial charge >= 0.3 is 0 Å². The molecule has 25 heavy (non-hydrogen) atoms. The van der Waals surface area contributed by atoms with Gasteiger partial charge in [-0.2, -0.15) is 0 Å². The molecule has 1 aliphatic carbocycles. The molecule has 1 aliphatic rings. The number of aryl methyl sites for hydroxylation is 1. The number of hydrogen-bond donors (Lipinski definition) is 3. The van der Waals surface area contributed by atoms with Crippen molar-refractivity contribution < 1.29 is 18.0 Å². The molecular formula is C17H19N3O4S. The smallest absolute Gasteiger partial charge is 0.272 e. The first kappa shape index (κ1) is 17.4. The fourth-order valence-electron chi connectivity index (χ4n) is 3.11. The number of nitrogens with two attached hydrogens (primary N) is 1. The van der Waals surface area contributed by atoms with Crippen LogP contribution in [0, 0.1) is 6.92 Å². The van der Waals surface area contributed by atoms with Crippen molar-refractivity contribution >= 4 is 27.4 Å². The Morgan fingerprint density at radius 2 is 1.92 bits per heavy atom. The number of aromatic amines is 1. The number of primary sulfonamides is 1. The lowest BCUT2D eigenvalue weighted by atomic mass is 9.94. The Morgan fingerprint density at radius 3 is 2.52 bits per heavy atom. The molecule has 0 fully saturated rings. The van der Waals surface area contributed by atoms with Crippen molar-refractivity contribution in [1.29, 1.82) is 0 Å². The van der Waals surface area contributed by atoms with Crippen molar-refractivity contribution in [2.24, 2.45) is 5.14 Å². The zero-order chi connectivity index (χ0) is 18.2. The van der Waals surface area contributed by atoms with Crippen LogP contribution in [0.4, 0.5) is 5.69 Å². The molecule has 0 radical (unpaired) electrons. The minimum absolute atomic E-state index is 0.0707. The van der Waals surface area contributed by atoms with Crippen molar-refractivity contribution in [1.82, 2.24) is 4.98 Å². The van der Waals surface area contributed by atoms with E-state index in [0.717, 1.165) is 18.5 Å². The number of fused-ring (bicyclic) bond motifs is 1. The maximum absolute atomic E-state index is 12.5. The Labute approximate surface area is 145 Å². The fourth-order valence-corrected chi connectivity index (χ4v) is 3.77. The monoisotopic (exact) mass is 361 g/mol. The van der Waals surface area contributed by atoms with Crippen LogP contribution in [0.5, 0.6) is 0 Å². The highest BCUT2D eigenvalue weighted by atomic mass is 32.2. The summed E-state index contributed by atoms with van der Waals surface area (Å²) in [4.78, 5) is 27.6. The number of aromatic nitrogens is 1. The van der Waals surface area contributed by atoms with Gasteiger partial charge in [0, 0.05) is 23.4 Å². The number of H-pyrrole nitrogens is 1. The van der Waals surface area contributed by atoms with Crippen LogP contribution in [-0.2, 0) is 22.2 Å². The molecule has 2 aromatic rings. The van der Waals surface area contributed by atoms with Crippen LogP contribution in [0.3, 0.4) is 0 Å². The third kappa shape index (κ3) is 3.80. The minimum atomic E-state index is -3.59. The molecule has 8 heteroatoms. The van der Waals surface area contributed by atoms with Crippen molar-refractivity contribution in [3.05, 3.63) is 52.3 Å². The highest BCUT2D eigenvalue weighted by Gasteiger charge is 2.26. The summed E-state index contributed by atoms with van der Waals surface area (Å²) >= 11 is 0. The highest BCUT2D eigenvalue weighted by molar-refractivity contribution is 7.88. The molecule has 0 aliphatic heterocycles. The average molecular weight is 361 g/mol. The predicted molar refractivity (Wildman–Crippen MR) is 94.0 cm³/mol. The molecule has 132 valence electrons. The number of nitrogens with one attached hydrogen (secondary N) is 2. The molecule has 3 rings (SSSR count). The van der Waals surface area contributed by atoms with Crippen LogP contribution in [0.25, 0.3) is 0 Å². The van der Waals surface area contributed by atoms with E-state index < -0.39 is 10.0 Å². The van der Waals surface area contributed by atoms with Gasteiger partial charge in [-0.05, 0) is 43.0 Å². The second-order valence-electron chi connectivity index (χ2n) is 6.21. The first-order valence-electron chi connectivity index (χ1n) is 7.90. The normalized spacial score (nSPS) is 14.2. The first-order chi connectivity index (χ1) is 11.7. The summed E-state index contributed by atoms with van der Waals surface area (Å²) in [5.41, 5.74) is 3.58. The largest absolute Gasteiger partial charge is 0.354 e. The fraction of sp³-hybridized carbons (Fsp3) is 0.294. The lowest BCUT2D eigenvalue weighted by molar-refractivity contribution is 0.0971. The number of ketones is 1. The number of Topliss-reactive ketones (excluding diaryl/α,β-unsaturated/α-hetero) is 1. The van der Waals surface area contributed by atoms with Crippen molar-refractivity contribution in [2.75, 3.05) is 5.32 Å². The predicted octanol–water partition coefficient (Wildman–Crippen LogP) is 1.88. The van der Waals surface area contributed by atoms with Gasteiger partial charge < -0.3 is 10.3 Å². The Balaban J connectivity index is 1.78. The van der Waals surface area contributed by atoms with E-state index in [0.29, 0.717) is 34.5 Å². The van der Waals surface area contributed by atoms with Crippen LogP contribution in [0.15, 0.2) is 24.3 Å². The molecule has 0 atom stereocenters. The quantitative estimate of drug-likeness (QED) is 0.769. The minimum Gasteiger partial charge on any atom is -0.354 e. The van der Waals surface area contributed by atoms with Crippen molar-refractivity contribution in [3.8, 4) is 0 Å². The number of carbonyl (C=O) groups excluding carboxylic acids is 2. The topological polar surface area (TPSA) is 122 Å². The summed E-state index contributed by atoms with van der Waals surface area (Å²) in [7, 11) is -3.59. The Morgan fingerprint density at radius 1 is 1.24 bits per heavy atom. The van der Waals surface area contributed by atoms with Gasteiger partial charge in [0.1, 0.15) is 5.69 Å². The summed E-state index contributed by atoms with van der Waals surface area (Å²) < 4.78 is 22.2. The molecule has 1 aromatic carbocycles.